The molecule has 1 aromatic carbocycles. The summed E-state index contributed by atoms with van der Waals surface area (Å²) in [6.45, 7) is 6.43. The Kier molecular flexibility index (Phi) is 4.88. The first-order valence-electron chi connectivity index (χ1n) is 9.76. The van der Waals surface area contributed by atoms with Crippen LogP contribution in [-0.2, 0) is 10.3 Å². The summed E-state index contributed by atoms with van der Waals surface area (Å²) >= 11 is 0. The molecule has 2 N–H and O–H groups in total. The molecule has 0 spiro atoms. The smallest absolute Gasteiger partial charge is 0.322 e. The van der Waals surface area contributed by atoms with Crippen molar-refractivity contribution >= 4 is 11.7 Å². The van der Waals surface area contributed by atoms with E-state index >= 15 is 0 Å². The second-order valence-electron chi connectivity index (χ2n) is 8.14. The lowest BCUT2D eigenvalue weighted by molar-refractivity contribution is 0.0783. The first kappa shape index (κ1) is 19.5. The third-order valence-corrected chi connectivity index (χ3v) is 5.50. The van der Waals surface area contributed by atoms with Crippen LogP contribution in [0.2, 0.25) is 0 Å². The van der Waals surface area contributed by atoms with Gasteiger partial charge in [-0.3, -0.25) is 14.9 Å². The highest BCUT2D eigenvalue weighted by Gasteiger charge is 2.36. The second kappa shape index (κ2) is 7.24. The minimum atomic E-state index is -0.971. The van der Waals surface area contributed by atoms with Gasteiger partial charge in [-0.1, -0.05) is 6.07 Å². The van der Waals surface area contributed by atoms with Gasteiger partial charge in [-0.2, -0.15) is 0 Å². The number of carbonyl (C=O) groups is 1. The molecule has 0 radical (unpaired) electrons. The van der Waals surface area contributed by atoms with Gasteiger partial charge in [0.05, 0.1) is 41.9 Å². The van der Waals surface area contributed by atoms with E-state index in [0.717, 1.165) is 33.0 Å². The molecule has 7 nitrogen and oxygen atoms in total. The summed E-state index contributed by atoms with van der Waals surface area (Å²) < 4.78 is 5.38. The lowest BCUT2D eigenvalue weighted by Gasteiger charge is -2.23. The molecule has 0 saturated carbocycles. The van der Waals surface area contributed by atoms with Crippen molar-refractivity contribution in [1.82, 2.24) is 15.2 Å². The zero-order valence-electron chi connectivity index (χ0n) is 17.1. The number of pyridine rings is 1. The predicted molar refractivity (Wildman–Crippen MR) is 109 cm³/mol. The number of nitrogens with zero attached hydrogens (tertiary/aromatic N) is 3. The van der Waals surface area contributed by atoms with E-state index in [4.69, 9.17) is 4.74 Å². The largest absolute Gasteiger partial charge is 0.386 e. The van der Waals surface area contributed by atoms with Crippen LogP contribution < -0.4 is 15.9 Å². The highest BCUT2D eigenvalue weighted by molar-refractivity contribution is 5.89. The second-order valence-corrected chi connectivity index (χ2v) is 8.14. The van der Waals surface area contributed by atoms with E-state index in [1.807, 2.05) is 25.1 Å². The van der Waals surface area contributed by atoms with E-state index in [9.17, 15) is 9.90 Å². The van der Waals surface area contributed by atoms with Crippen LogP contribution in [0.4, 0.5) is 4.79 Å². The average Bonchev–Trinajstić information content (AvgIpc) is 3.02. The van der Waals surface area contributed by atoms with Crippen LogP contribution in [0, 0.1) is 0 Å². The molecule has 29 heavy (non-hydrogen) atoms. The predicted octanol–water partition coefficient (Wildman–Crippen LogP) is 1.15. The number of benzene rings is 1. The Bertz CT molecular complexity index is 1070. The highest BCUT2D eigenvalue weighted by Crippen LogP contribution is 2.25. The van der Waals surface area contributed by atoms with Crippen LogP contribution in [0.1, 0.15) is 26.3 Å². The van der Waals surface area contributed by atoms with E-state index in [2.05, 4.69) is 21.4 Å². The van der Waals surface area contributed by atoms with Crippen molar-refractivity contribution in [2.24, 2.45) is 4.99 Å². The summed E-state index contributed by atoms with van der Waals surface area (Å²) in [6.07, 6.45) is 3.38. The standard InChI is InChI=1S/C22H26N4O3/c1-13(29-4)12-26-20-17-8-14(15-7-16(10-23-9-15)22(2,3)28)5-6-18(17)24-11-19(20)25-21(26)27/h5-10,13,19,28H,11-12H2,1-4H3,(H,25,27)/t13-,19?/m0/s1. The van der Waals surface area contributed by atoms with Crippen molar-refractivity contribution in [3.05, 3.63) is 52.8 Å². The van der Waals surface area contributed by atoms with Gasteiger partial charge in [-0.25, -0.2) is 4.79 Å². The zero-order valence-corrected chi connectivity index (χ0v) is 17.1. The minimum Gasteiger partial charge on any atom is -0.386 e. The van der Waals surface area contributed by atoms with Crippen LogP contribution in [0.25, 0.3) is 16.8 Å². The molecule has 2 amide bonds. The number of fused-ring (bicyclic) bond motifs is 2. The van der Waals surface area contributed by atoms with Gasteiger partial charge in [0.2, 0.25) is 0 Å². The number of ether oxygens (including phenoxy) is 1. The fraction of sp³-hybridized carbons (Fsp3) is 0.409. The number of methoxy groups -OCH3 is 1. The maximum atomic E-state index is 12.6. The Morgan fingerprint density at radius 3 is 2.83 bits per heavy atom. The van der Waals surface area contributed by atoms with Crippen molar-refractivity contribution in [2.75, 3.05) is 20.2 Å². The van der Waals surface area contributed by atoms with Gasteiger partial charge in [0, 0.05) is 35.8 Å². The third kappa shape index (κ3) is 3.63. The van der Waals surface area contributed by atoms with Crippen molar-refractivity contribution < 1.29 is 14.6 Å². The first-order valence-corrected chi connectivity index (χ1v) is 9.76. The zero-order chi connectivity index (χ0) is 20.8. The van der Waals surface area contributed by atoms with Crippen molar-refractivity contribution in [2.45, 2.75) is 38.5 Å². The molecule has 2 aliphatic rings. The fourth-order valence-electron chi connectivity index (χ4n) is 3.75. The minimum absolute atomic E-state index is 0.0786. The van der Waals surface area contributed by atoms with Gasteiger partial charge in [0.25, 0.3) is 0 Å². The topological polar surface area (TPSA) is 87.0 Å². The highest BCUT2D eigenvalue weighted by atomic mass is 16.5. The molecule has 1 fully saturated rings. The first-order chi connectivity index (χ1) is 13.8. The third-order valence-electron chi connectivity index (χ3n) is 5.50. The summed E-state index contributed by atoms with van der Waals surface area (Å²) in [6, 6.07) is 7.73. The average molecular weight is 394 g/mol. The molecular formula is C22H26N4O3. The van der Waals surface area contributed by atoms with E-state index < -0.39 is 5.60 Å². The molecule has 1 aromatic heterocycles. The number of hydrogen-bond donors (Lipinski definition) is 2. The van der Waals surface area contributed by atoms with Crippen molar-refractivity contribution in [3.8, 4) is 11.1 Å². The van der Waals surface area contributed by atoms with Crippen LogP contribution in [0.15, 0.2) is 41.7 Å². The van der Waals surface area contributed by atoms with E-state index in [1.165, 1.54) is 0 Å². The molecule has 2 aromatic rings. The van der Waals surface area contributed by atoms with E-state index in [0.29, 0.717) is 13.1 Å². The summed E-state index contributed by atoms with van der Waals surface area (Å²) in [5.41, 5.74) is 2.59. The molecule has 1 saturated heterocycles. The van der Waals surface area contributed by atoms with Crippen molar-refractivity contribution in [3.63, 3.8) is 0 Å². The Balaban J connectivity index is 1.85. The molecule has 4 rings (SSSR count). The van der Waals surface area contributed by atoms with Gasteiger partial charge in [0.1, 0.15) is 0 Å². The molecule has 2 aliphatic heterocycles. The van der Waals surface area contributed by atoms with E-state index in [1.54, 1.807) is 38.3 Å². The van der Waals surface area contributed by atoms with Crippen LogP contribution in [-0.4, -0.2) is 53.4 Å². The Labute approximate surface area is 169 Å². The quantitative estimate of drug-likeness (QED) is 0.796. The Morgan fingerprint density at radius 2 is 2.10 bits per heavy atom. The van der Waals surface area contributed by atoms with Gasteiger partial charge in [0.15, 0.2) is 0 Å². The lowest BCUT2D eigenvalue weighted by Crippen LogP contribution is -2.42. The summed E-state index contributed by atoms with van der Waals surface area (Å²) in [4.78, 5) is 23.3. The Hall–Kier alpha value is -2.77. The number of carbonyl (C=O) groups excluding carboxylic acids is 1. The van der Waals surface area contributed by atoms with E-state index in [-0.39, 0.29) is 18.2 Å². The number of aliphatic hydroxyl groups is 1. The summed E-state index contributed by atoms with van der Waals surface area (Å²) in [5, 5.41) is 15.2. The fourth-order valence-corrected chi connectivity index (χ4v) is 3.75. The molecule has 0 aliphatic carbocycles. The summed E-state index contributed by atoms with van der Waals surface area (Å²) in [7, 11) is 1.64. The van der Waals surface area contributed by atoms with Crippen LogP contribution >= 0.6 is 0 Å². The molecule has 152 valence electrons. The molecule has 1 unspecified atom stereocenters. The van der Waals surface area contributed by atoms with Gasteiger partial charge >= 0.3 is 6.03 Å². The van der Waals surface area contributed by atoms with Crippen LogP contribution in [0.3, 0.4) is 0 Å². The monoisotopic (exact) mass is 394 g/mol. The van der Waals surface area contributed by atoms with Crippen molar-refractivity contribution in [1.29, 1.82) is 0 Å². The number of hydrogen-bond acceptors (Lipinski definition) is 5. The molecule has 3 heterocycles. The number of amides is 2. The number of urea groups is 1. The maximum absolute atomic E-state index is 12.6. The lowest BCUT2D eigenvalue weighted by atomic mass is 9.96. The molecule has 0 bridgehead atoms. The molecule has 2 atom stereocenters. The number of aromatic nitrogens is 1. The molecular weight excluding hydrogens is 368 g/mol. The normalized spacial score (nSPS) is 19.3. The van der Waals surface area contributed by atoms with Gasteiger partial charge in [-0.05, 0) is 44.5 Å². The van der Waals surface area contributed by atoms with Gasteiger partial charge < -0.3 is 15.2 Å². The SMILES string of the molecule is CO[C@@H](C)CN1C(=O)NC2CN=c3ccc(-c4cncc(C(C)(C)O)c4)cc3=C21. The summed E-state index contributed by atoms with van der Waals surface area (Å²) in [5.74, 6) is 0. The van der Waals surface area contributed by atoms with Crippen LogP contribution in [0.5, 0.6) is 0 Å². The Morgan fingerprint density at radius 1 is 1.31 bits per heavy atom. The maximum Gasteiger partial charge on any atom is 0.322 e. The number of rotatable bonds is 5. The van der Waals surface area contributed by atoms with Gasteiger partial charge in [-0.15, -0.1) is 0 Å². The number of nitrogens with one attached hydrogen (secondary N) is 1. The molecule has 7 heteroatoms.